The van der Waals surface area contributed by atoms with Crippen LogP contribution in [0.15, 0.2) is 24.3 Å². The van der Waals surface area contributed by atoms with E-state index in [1.54, 1.807) is 24.3 Å². The molecule has 16 heavy (non-hydrogen) atoms. The predicted octanol–water partition coefficient (Wildman–Crippen LogP) is 1.98. The van der Waals surface area contributed by atoms with E-state index in [-0.39, 0.29) is 11.8 Å². The predicted molar refractivity (Wildman–Crippen MR) is 65.4 cm³/mol. The molecule has 0 radical (unpaired) electrons. The molecule has 0 aromatic heterocycles. The summed E-state index contributed by atoms with van der Waals surface area (Å²) in [4.78, 5) is 12.1. The number of carbonyl (C=O) groups excluding carboxylic acids is 1. The van der Waals surface area contributed by atoms with E-state index < -0.39 is 0 Å². The highest BCUT2D eigenvalue weighted by atomic mass is 16.1. The highest BCUT2D eigenvalue weighted by Crippen LogP contribution is 2.21. The van der Waals surface area contributed by atoms with Crippen LogP contribution in [-0.4, -0.2) is 17.9 Å². The summed E-state index contributed by atoms with van der Waals surface area (Å²) in [5.74, 6) is 0.175. The van der Waals surface area contributed by atoms with Crippen molar-refractivity contribution < 1.29 is 4.79 Å². The van der Waals surface area contributed by atoms with Gasteiger partial charge in [0.2, 0.25) is 0 Å². The van der Waals surface area contributed by atoms with E-state index in [0.717, 1.165) is 12.0 Å². The largest absolute Gasteiger partial charge is 0.399 e. The van der Waals surface area contributed by atoms with Gasteiger partial charge in [0.25, 0.3) is 0 Å². The Morgan fingerprint density at radius 2 is 2.06 bits per heavy atom. The number of ketones is 1. The summed E-state index contributed by atoms with van der Waals surface area (Å²) in [6, 6.07) is 7.66. The molecule has 3 heteroatoms. The molecular weight excluding hydrogens is 200 g/mol. The SMILES string of the molecule is CCC(NC1CC1)C(=O)c1ccc(N)cc1. The first-order valence-electron chi connectivity index (χ1n) is 5.86. The fraction of sp³-hybridized carbons (Fsp3) is 0.462. The summed E-state index contributed by atoms with van der Waals surface area (Å²) in [5, 5.41) is 3.37. The monoisotopic (exact) mass is 218 g/mol. The number of hydrogen-bond donors (Lipinski definition) is 2. The molecule has 0 heterocycles. The first kappa shape index (κ1) is 11.1. The molecule has 3 N–H and O–H groups in total. The normalized spacial score (nSPS) is 17.1. The average Bonchev–Trinajstić information content (AvgIpc) is 3.10. The maximum atomic E-state index is 12.1. The van der Waals surface area contributed by atoms with E-state index in [1.165, 1.54) is 12.8 Å². The molecule has 1 aliphatic carbocycles. The van der Waals surface area contributed by atoms with E-state index in [0.29, 0.717) is 11.7 Å². The maximum Gasteiger partial charge on any atom is 0.179 e. The quantitative estimate of drug-likeness (QED) is 0.587. The number of carbonyl (C=O) groups is 1. The molecule has 1 aromatic carbocycles. The lowest BCUT2D eigenvalue weighted by Crippen LogP contribution is -2.37. The van der Waals surface area contributed by atoms with Gasteiger partial charge in [-0.05, 0) is 43.5 Å². The van der Waals surface area contributed by atoms with Crippen molar-refractivity contribution in [3.63, 3.8) is 0 Å². The summed E-state index contributed by atoms with van der Waals surface area (Å²) in [6.07, 6.45) is 3.23. The van der Waals surface area contributed by atoms with Crippen molar-refractivity contribution in [3.8, 4) is 0 Å². The van der Waals surface area contributed by atoms with Crippen LogP contribution in [0.1, 0.15) is 36.5 Å². The molecule has 1 unspecified atom stereocenters. The number of benzene rings is 1. The van der Waals surface area contributed by atoms with Crippen LogP contribution in [0, 0.1) is 0 Å². The van der Waals surface area contributed by atoms with Gasteiger partial charge in [-0.15, -0.1) is 0 Å². The van der Waals surface area contributed by atoms with E-state index >= 15 is 0 Å². The van der Waals surface area contributed by atoms with Crippen LogP contribution in [0.2, 0.25) is 0 Å². The zero-order chi connectivity index (χ0) is 11.5. The fourth-order valence-corrected chi connectivity index (χ4v) is 1.76. The van der Waals surface area contributed by atoms with Crippen LogP contribution in [0.3, 0.4) is 0 Å². The van der Waals surface area contributed by atoms with Gasteiger partial charge in [0.1, 0.15) is 0 Å². The molecule has 3 nitrogen and oxygen atoms in total. The number of hydrogen-bond acceptors (Lipinski definition) is 3. The molecule has 1 fully saturated rings. The smallest absolute Gasteiger partial charge is 0.179 e. The van der Waals surface area contributed by atoms with Crippen LogP contribution < -0.4 is 11.1 Å². The Morgan fingerprint density at radius 1 is 1.44 bits per heavy atom. The van der Waals surface area contributed by atoms with Gasteiger partial charge in [-0.3, -0.25) is 4.79 Å². The minimum absolute atomic E-state index is 0.0453. The Bertz CT molecular complexity index is 368. The molecule has 0 aliphatic heterocycles. The highest BCUT2D eigenvalue weighted by Gasteiger charge is 2.27. The van der Waals surface area contributed by atoms with Crippen molar-refractivity contribution >= 4 is 11.5 Å². The van der Waals surface area contributed by atoms with Crippen molar-refractivity contribution in [2.45, 2.75) is 38.3 Å². The van der Waals surface area contributed by atoms with Gasteiger partial charge >= 0.3 is 0 Å². The zero-order valence-corrected chi connectivity index (χ0v) is 9.57. The summed E-state index contributed by atoms with van der Waals surface area (Å²) < 4.78 is 0. The molecule has 1 aliphatic rings. The van der Waals surface area contributed by atoms with Gasteiger partial charge in [-0.25, -0.2) is 0 Å². The number of nitrogens with one attached hydrogen (secondary N) is 1. The van der Waals surface area contributed by atoms with Gasteiger partial charge in [-0.2, -0.15) is 0 Å². The lowest BCUT2D eigenvalue weighted by atomic mass is 10.0. The average molecular weight is 218 g/mol. The minimum Gasteiger partial charge on any atom is -0.399 e. The Hall–Kier alpha value is -1.35. The molecule has 0 amide bonds. The number of rotatable bonds is 5. The first-order valence-corrected chi connectivity index (χ1v) is 5.86. The molecule has 1 aromatic rings. The second kappa shape index (κ2) is 4.66. The summed E-state index contributed by atoms with van der Waals surface area (Å²) in [7, 11) is 0. The van der Waals surface area contributed by atoms with Gasteiger partial charge in [0.05, 0.1) is 6.04 Å². The van der Waals surface area contributed by atoms with Gasteiger partial charge in [0, 0.05) is 17.3 Å². The standard InChI is InChI=1S/C13H18N2O/c1-2-12(15-11-7-8-11)13(16)9-3-5-10(14)6-4-9/h3-6,11-12,15H,2,7-8,14H2,1H3. The number of anilines is 1. The number of Topliss-reactive ketones (excluding diaryl/α,β-unsaturated/α-hetero) is 1. The van der Waals surface area contributed by atoms with E-state index in [9.17, 15) is 4.79 Å². The Labute approximate surface area is 96.0 Å². The summed E-state index contributed by atoms with van der Waals surface area (Å²) in [6.45, 7) is 2.04. The van der Waals surface area contributed by atoms with Gasteiger partial charge in [-0.1, -0.05) is 6.92 Å². The van der Waals surface area contributed by atoms with Crippen molar-refractivity contribution in [1.82, 2.24) is 5.32 Å². The van der Waals surface area contributed by atoms with Crippen molar-refractivity contribution in [2.75, 3.05) is 5.73 Å². The van der Waals surface area contributed by atoms with Crippen LogP contribution in [-0.2, 0) is 0 Å². The Balaban J connectivity index is 2.06. The van der Waals surface area contributed by atoms with Crippen LogP contribution in [0.4, 0.5) is 5.69 Å². The van der Waals surface area contributed by atoms with Crippen molar-refractivity contribution in [2.24, 2.45) is 0 Å². The third-order valence-electron chi connectivity index (χ3n) is 2.93. The number of nitrogen functional groups attached to an aromatic ring is 1. The minimum atomic E-state index is -0.0453. The number of nitrogens with two attached hydrogens (primary N) is 1. The first-order chi connectivity index (χ1) is 7.70. The Morgan fingerprint density at radius 3 is 2.56 bits per heavy atom. The van der Waals surface area contributed by atoms with E-state index in [4.69, 9.17) is 5.73 Å². The molecule has 2 rings (SSSR count). The molecule has 1 saturated carbocycles. The topological polar surface area (TPSA) is 55.1 Å². The van der Waals surface area contributed by atoms with Crippen molar-refractivity contribution in [1.29, 1.82) is 0 Å². The van der Waals surface area contributed by atoms with E-state index in [1.807, 2.05) is 6.92 Å². The second-order valence-electron chi connectivity index (χ2n) is 4.39. The van der Waals surface area contributed by atoms with Crippen molar-refractivity contribution in [3.05, 3.63) is 29.8 Å². The van der Waals surface area contributed by atoms with E-state index in [2.05, 4.69) is 5.32 Å². The fourth-order valence-electron chi connectivity index (χ4n) is 1.76. The van der Waals surface area contributed by atoms with Crippen LogP contribution in [0.25, 0.3) is 0 Å². The molecule has 86 valence electrons. The Kier molecular flexibility index (Phi) is 3.25. The summed E-state index contributed by atoms with van der Waals surface area (Å²) in [5.41, 5.74) is 7.04. The summed E-state index contributed by atoms with van der Waals surface area (Å²) >= 11 is 0. The second-order valence-corrected chi connectivity index (χ2v) is 4.39. The van der Waals surface area contributed by atoms with Gasteiger partial charge < -0.3 is 11.1 Å². The van der Waals surface area contributed by atoms with Gasteiger partial charge in [0.15, 0.2) is 5.78 Å². The molecule has 0 bridgehead atoms. The molecule has 0 saturated heterocycles. The molecule has 0 spiro atoms. The zero-order valence-electron chi connectivity index (χ0n) is 9.57. The lowest BCUT2D eigenvalue weighted by Gasteiger charge is -2.15. The highest BCUT2D eigenvalue weighted by molar-refractivity contribution is 6.00. The van der Waals surface area contributed by atoms with Crippen LogP contribution in [0.5, 0.6) is 0 Å². The maximum absolute atomic E-state index is 12.1. The third kappa shape index (κ3) is 2.61. The molecule has 1 atom stereocenters. The lowest BCUT2D eigenvalue weighted by molar-refractivity contribution is 0.0939. The third-order valence-corrected chi connectivity index (χ3v) is 2.93. The molecular formula is C13H18N2O. The van der Waals surface area contributed by atoms with Crippen LogP contribution >= 0.6 is 0 Å².